The van der Waals surface area contributed by atoms with Crippen LogP contribution in [0.3, 0.4) is 0 Å². The molecule has 0 aromatic rings. The molecule has 8 heavy (non-hydrogen) atoms. The van der Waals surface area contributed by atoms with Crippen LogP contribution in [0.25, 0.3) is 0 Å². The molecule has 1 nitrogen and oxygen atoms in total. The van der Waals surface area contributed by atoms with Crippen molar-refractivity contribution in [2.45, 2.75) is 13.8 Å². The van der Waals surface area contributed by atoms with Gasteiger partial charge in [0.2, 0.25) is 0 Å². The molecule has 0 radical (unpaired) electrons. The maximum atomic E-state index is 10.6. The highest BCUT2D eigenvalue weighted by molar-refractivity contribution is 7.90. The van der Waals surface area contributed by atoms with E-state index in [0.29, 0.717) is 0 Å². The minimum Gasteiger partial charge on any atom is -0.250 e. The van der Waals surface area contributed by atoms with Crippen LogP contribution in [-0.4, -0.2) is 4.21 Å². The predicted molar refractivity (Wildman–Crippen MR) is 37.8 cm³/mol. The van der Waals surface area contributed by atoms with Crippen LogP contribution < -0.4 is 0 Å². The maximum absolute atomic E-state index is 10.6. The minimum absolute atomic E-state index is 0.881. The Kier molecular flexibility index (Phi) is 4.56. The highest BCUT2D eigenvalue weighted by atomic mass is 32.2. The molecule has 0 amide bonds. The molecular formula is C6H10OS. The predicted octanol–water partition coefficient (Wildman–Crippen LogP) is 1.80. The molecular weight excluding hydrogens is 120 g/mol. The molecule has 0 saturated heterocycles. The first-order chi connectivity index (χ1) is 3.81. The van der Waals surface area contributed by atoms with E-state index in [-0.39, 0.29) is 0 Å². The molecule has 0 aliphatic carbocycles. The Labute approximate surface area is 52.6 Å². The molecule has 0 bridgehead atoms. The first kappa shape index (κ1) is 7.63. The molecule has 0 aromatic carbocycles. The van der Waals surface area contributed by atoms with Crippen molar-refractivity contribution in [1.82, 2.24) is 0 Å². The van der Waals surface area contributed by atoms with Gasteiger partial charge < -0.3 is 0 Å². The Hall–Kier alpha value is -0.370. The number of rotatable bonds is 2. The van der Waals surface area contributed by atoms with Crippen LogP contribution in [0, 0.1) is 0 Å². The van der Waals surface area contributed by atoms with E-state index in [0.717, 1.165) is 0 Å². The van der Waals surface area contributed by atoms with Gasteiger partial charge in [0.15, 0.2) is 0 Å². The molecule has 0 spiro atoms. The Balaban J connectivity index is 3.66. The molecule has 1 atom stereocenters. The zero-order valence-electron chi connectivity index (χ0n) is 5.13. The molecule has 0 aromatic heterocycles. The second-order valence-corrected chi connectivity index (χ2v) is 2.47. The first-order valence-corrected chi connectivity index (χ1v) is 3.74. The third-order valence-electron chi connectivity index (χ3n) is 0.540. The van der Waals surface area contributed by atoms with Gasteiger partial charge in [-0.1, -0.05) is 12.2 Å². The highest BCUT2D eigenvalue weighted by Gasteiger charge is 1.77. The van der Waals surface area contributed by atoms with Gasteiger partial charge in [0.05, 0.1) is 10.8 Å². The third kappa shape index (κ3) is 3.81. The number of hydrogen-bond donors (Lipinski definition) is 0. The highest BCUT2D eigenvalue weighted by Crippen LogP contribution is 1.85. The molecule has 2 heteroatoms. The van der Waals surface area contributed by atoms with E-state index in [1.54, 1.807) is 23.0 Å². The second-order valence-electron chi connectivity index (χ2n) is 1.27. The van der Waals surface area contributed by atoms with Crippen LogP contribution in [0.2, 0.25) is 0 Å². The summed E-state index contributed by atoms with van der Waals surface area (Å²) in [5.74, 6) is 0. The van der Waals surface area contributed by atoms with Crippen LogP contribution >= 0.6 is 0 Å². The molecule has 0 fully saturated rings. The Bertz CT molecular complexity index is 110. The normalized spacial score (nSPS) is 15.8. The number of hydrogen-bond acceptors (Lipinski definition) is 1. The fourth-order valence-corrected chi connectivity index (χ4v) is 0.941. The molecule has 0 aliphatic rings. The summed E-state index contributed by atoms with van der Waals surface area (Å²) in [7, 11) is -0.881. The molecule has 0 saturated carbocycles. The van der Waals surface area contributed by atoms with E-state index in [4.69, 9.17) is 0 Å². The van der Waals surface area contributed by atoms with Crippen LogP contribution in [0.4, 0.5) is 0 Å². The van der Waals surface area contributed by atoms with Crippen LogP contribution in [0.1, 0.15) is 13.8 Å². The average Bonchev–Trinajstić information content (AvgIpc) is 1.68. The zero-order chi connectivity index (χ0) is 6.41. The average molecular weight is 130 g/mol. The molecule has 1 unspecified atom stereocenters. The van der Waals surface area contributed by atoms with E-state index < -0.39 is 10.8 Å². The van der Waals surface area contributed by atoms with Crippen LogP contribution in [0.15, 0.2) is 23.0 Å². The van der Waals surface area contributed by atoms with Gasteiger partial charge in [-0.2, -0.15) is 0 Å². The van der Waals surface area contributed by atoms with E-state index in [9.17, 15) is 4.21 Å². The fraction of sp³-hybridized carbons (Fsp3) is 0.333. The monoisotopic (exact) mass is 130 g/mol. The van der Waals surface area contributed by atoms with E-state index in [2.05, 4.69) is 0 Å². The van der Waals surface area contributed by atoms with Crippen molar-refractivity contribution < 1.29 is 4.21 Å². The van der Waals surface area contributed by atoms with Gasteiger partial charge in [-0.05, 0) is 13.8 Å². The summed E-state index contributed by atoms with van der Waals surface area (Å²) in [6.07, 6.45) is 3.55. The van der Waals surface area contributed by atoms with Crippen molar-refractivity contribution in [1.29, 1.82) is 0 Å². The van der Waals surface area contributed by atoms with Gasteiger partial charge in [-0.3, -0.25) is 4.21 Å². The molecule has 0 aliphatic heterocycles. The lowest BCUT2D eigenvalue weighted by Crippen LogP contribution is -1.71. The van der Waals surface area contributed by atoms with Crippen LogP contribution in [-0.2, 0) is 10.8 Å². The lowest BCUT2D eigenvalue weighted by atomic mass is 10.8. The summed E-state index contributed by atoms with van der Waals surface area (Å²) in [4.78, 5) is 0. The molecule has 0 heterocycles. The topological polar surface area (TPSA) is 17.1 Å². The Morgan fingerprint density at radius 2 is 1.50 bits per heavy atom. The SMILES string of the molecule is C/C=C\S(=O)/C=C/C. The van der Waals surface area contributed by atoms with Crippen molar-refractivity contribution in [3.8, 4) is 0 Å². The summed E-state index contributed by atoms with van der Waals surface area (Å²) in [6, 6.07) is 0. The summed E-state index contributed by atoms with van der Waals surface area (Å²) in [6.45, 7) is 3.70. The van der Waals surface area contributed by atoms with Crippen molar-refractivity contribution in [2.24, 2.45) is 0 Å². The first-order valence-electron chi connectivity index (χ1n) is 2.46. The third-order valence-corrected chi connectivity index (χ3v) is 1.62. The zero-order valence-corrected chi connectivity index (χ0v) is 5.94. The van der Waals surface area contributed by atoms with Crippen molar-refractivity contribution in [2.75, 3.05) is 0 Å². The van der Waals surface area contributed by atoms with Gasteiger partial charge in [0, 0.05) is 10.8 Å². The lowest BCUT2D eigenvalue weighted by molar-refractivity contribution is 0.693. The van der Waals surface area contributed by atoms with E-state index >= 15 is 0 Å². The van der Waals surface area contributed by atoms with Gasteiger partial charge in [-0.15, -0.1) is 0 Å². The summed E-state index contributed by atoms with van der Waals surface area (Å²) >= 11 is 0. The largest absolute Gasteiger partial charge is 0.250 e. The summed E-state index contributed by atoms with van der Waals surface area (Å²) in [5, 5.41) is 3.28. The van der Waals surface area contributed by atoms with Crippen LogP contribution in [0.5, 0.6) is 0 Å². The Morgan fingerprint density at radius 3 is 1.75 bits per heavy atom. The van der Waals surface area contributed by atoms with Gasteiger partial charge >= 0.3 is 0 Å². The van der Waals surface area contributed by atoms with E-state index in [1.807, 2.05) is 13.8 Å². The molecule has 0 N–H and O–H groups in total. The fourth-order valence-electron chi connectivity index (χ4n) is 0.314. The van der Waals surface area contributed by atoms with Gasteiger partial charge in [0.1, 0.15) is 0 Å². The quantitative estimate of drug-likeness (QED) is 0.557. The van der Waals surface area contributed by atoms with Gasteiger partial charge in [-0.25, -0.2) is 0 Å². The standard InChI is InChI=1S/C6H10OS/c1-3-5-8(7)6-4-2/h3-6H,1-2H3/b5-3-,6-4+. The van der Waals surface area contributed by atoms with Gasteiger partial charge in [0.25, 0.3) is 0 Å². The smallest absolute Gasteiger partial charge is 0.0695 e. The Morgan fingerprint density at radius 1 is 1.12 bits per heavy atom. The van der Waals surface area contributed by atoms with E-state index in [1.165, 1.54) is 0 Å². The van der Waals surface area contributed by atoms with Crippen molar-refractivity contribution >= 4 is 10.8 Å². The lowest BCUT2D eigenvalue weighted by Gasteiger charge is -1.77. The van der Waals surface area contributed by atoms with Crippen molar-refractivity contribution in [3.63, 3.8) is 0 Å². The molecule has 46 valence electrons. The maximum Gasteiger partial charge on any atom is 0.0695 e. The second kappa shape index (κ2) is 4.78. The number of allylic oxidation sites excluding steroid dienone is 2. The summed E-state index contributed by atoms with van der Waals surface area (Å²) in [5.41, 5.74) is 0. The minimum atomic E-state index is -0.881. The summed E-state index contributed by atoms with van der Waals surface area (Å²) < 4.78 is 10.6. The molecule has 0 rings (SSSR count). The van der Waals surface area contributed by atoms with Crippen molar-refractivity contribution in [3.05, 3.63) is 23.0 Å².